The molecule has 2 heterocycles. The van der Waals surface area contributed by atoms with Crippen LogP contribution in [0.4, 0.5) is 18.9 Å². The number of ether oxygens (including phenoxy) is 1. The Balaban J connectivity index is 2.34. The first kappa shape index (κ1) is 12.9. The summed E-state index contributed by atoms with van der Waals surface area (Å²) in [5.41, 5.74) is 5.30. The van der Waals surface area contributed by atoms with Crippen LogP contribution in [0.5, 0.6) is 5.88 Å². The number of methoxy groups -OCH3 is 1. The van der Waals surface area contributed by atoms with Gasteiger partial charge in [0.05, 0.1) is 19.0 Å². The van der Waals surface area contributed by atoms with Gasteiger partial charge in [-0.15, -0.1) is 0 Å². The standard InChI is InChI=1S/C11H14F3N3O/c1-18-10-9(11(12,13)14)4-8(5-16-10)17-3-2-7(15)6-17/h4-5,7H,2-3,6,15H2,1H3/t7-/m1/s1. The summed E-state index contributed by atoms with van der Waals surface area (Å²) in [5.74, 6) is -0.408. The van der Waals surface area contributed by atoms with Crippen LogP contribution in [0.3, 0.4) is 0 Å². The van der Waals surface area contributed by atoms with Crippen LogP contribution in [-0.2, 0) is 6.18 Å². The fraction of sp³-hybridized carbons (Fsp3) is 0.545. The first-order valence-corrected chi connectivity index (χ1v) is 5.53. The van der Waals surface area contributed by atoms with Gasteiger partial charge in [-0.1, -0.05) is 0 Å². The summed E-state index contributed by atoms with van der Waals surface area (Å²) in [7, 11) is 1.17. The number of hydrogen-bond acceptors (Lipinski definition) is 4. The van der Waals surface area contributed by atoms with E-state index in [1.165, 1.54) is 13.3 Å². The second-order valence-corrected chi connectivity index (χ2v) is 4.24. The monoisotopic (exact) mass is 261 g/mol. The molecule has 0 bridgehead atoms. The summed E-state index contributed by atoms with van der Waals surface area (Å²) >= 11 is 0. The highest BCUT2D eigenvalue weighted by molar-refractivity contribution is 5.51. The fourth-order valence-electron chi connectivity index (χ4n) is 2.00. The Bertz CT molecular complexity index is 436. The molecule has 1 saturated heterocycles. The third kappa shape index (κ3) is 2.50. The van der Waals surface area contributed by atoms with E-state index in [-0.39, 0.29) is 6.04 Å². The van der Waals surface area contributed by atoms with Gasteiger partial charge in [-0.05, 0) is 12.5 Å². The van der Waals surface area contributed by atoms with E-state index in [0.717, 1.165) is 12.5 Å². The first-order chi connectivity index (χ1) is 8.41. The third-order valence-corrected chi connectivity index (χ3v) is 2.93. The van der Waals surface area contributed by atoms with Crippen LogP contribution in [-0.4, -0.2) is 31.2 Å². The summed E-state index contributed by atoms with van der Waals surface area (Å²) in [6.45, 7) is 1.19. The van der Waals surface area contributed by atoms with Crippen LogP contribution < -0.4 is 15.4 Å². The summed E-state index contributed by atoms with van der Waals surface area (Å²) in [6, 6.07) is 1.06. The van der Waals surface area contributed by atoms with Gasteiger partial charge in [0.15, 0.2) is 0 Å². The molecule has 4 nitrogen and oxygen atoms in total. The smallest absolute Gasteiger partial charge is 0.421 e. The van der Waals surface area contributed by atoms with Crippen LogP contribution in [0.15, 0.2) is 12.3 Å². The molecule has 0 aliphatic carbocycles. The molecule has 0 unspecified atom stereocenters. The molecule has 0 radical (unpaired) electrons. The second-order valence-electron chi connectivity index (χ2n) is 4.24. The van der Waals surface area contributed by atoms with Crippen molar-refractivity contribution >= 4 is 5.69 Å². The van der Waals surface area contributed by atoms with Crippen LogP contribution in [0.1, 0.15) is 12.0 Å². The molecule has 1 aliphatic heterocycles. The van der Waals surface area contributed by atoms with E-state index in [9.17, 15) is 13.2 Å². The van der Waals surface area contributed by atoms with E-state index in [1.54, 1.807) is 4.90 Å². The summed E-state index contributed by atoms with van der Waals surface area (Å²) in [5, 5.41) is 0. The lowest BCUT2D eigenvalue weighted by Crippen LogP contribution is -2.26. The summed E-state index contributed by atoms with van der Waals surface area (Å²) in [4.78, 5) is 5.51. The van der Waals surface area contributed by atoms with Crippen molar-refractivity contribution < 1.29 is 17.9 Å². The van der Waals surface area contributed by atoms with Gasteiger partial charge in [0.25, 0.3) is 0 Å². The lowest BCUT2D eigenvalue weighted by Gasteiger charge is -2.20. The minimum Gasteiger partial charge on any atom is -0.481 e. The molecule has 2 rings (SSSR count). The Morgan fingerprint density at radius 3 is 2.72 bits per heavy atom. The van der Waals surface area contributed by atoms with Gasteiger partial charge in [0, 0.05) is 19.1 Å². The number of anilines is 1. The number of halogens is 3. The van der Waals surface area contributed by atoms with Crippen molar-refractivity contribution in [3.63, 3.8) is 0 Å². The number of alkyl halides is 3. The Kier molecular flexibility index (Phi) is 3.34. The topological polar surface area (TPSA) is 51.4 Å². The maximum absolute atomic E-state index is 12.8. The van der Waals surface area contributed by atoms with Crippen molar-refractivity contribution in [3.05, 3.63) is 17.8 Å². The average Bonchev–Trinajstić information content (AvgIpc) is 2.74. The van der Waals surface area contributed by atoms with E-state index < -0.39 is 17.6 Å². The van der Waals surface area contributed by atoms with Gasteiger partial charge >= 0.3 is 6.18 Å². The quantitative estimate of drug-likeness (QED) is 0.879. The Morgan fingerprint density at radius 2 is 2.22 bits per heavy atom. The molecule has 0 aromatic carbocycles. The molecular weight excluding hydrogens is 247 g/mol. The molecule has 18 heavy (non-hydrogen) atoms. The second kappa shape index (κ2) is 4.64. The predicted octanol–water partition coefficient (Wildman–Crippen LogP) is 1.65. The van der Waals surface area contributed by atoms with Crippen LogP contribution in [0, 0.1) is 0 Å². The zero-order chi connectivity index (χ0) is 13.3. The fourth-order valence-corrected chi connectivity index (χ4v) is 2.00. The van der Waals surface area contributed by atoms with E-state index in [2.05, 4.69) is 9.72 Å². The third-order valence-electron chi connectivity index (χ3n) is 2.93. The lowest BCUT2D eigenvalue weighted by atomic mass is 10.2. The molecule has 0 amide bonds. The molecule has 1 atom stereocenters. The number of rotatable bonds is 2. The van der Waals surface area contributed by atoms with Gasteiger partial charge in [-0.2, -0.15) is 13.2 Å². The highest BCUT2D eigenvalue weighted by atomic mass is 19.4. The molecule has 100 valence electrons. The molecule has 7 heteroatoms. The zero-order valence-electron chi connectivity index (χ0n) is 9.87. The normalized spacial score (nSPS) is 20.3. The number of hydrogen-bond donors (Lipinski definition) is 1. The molecule has 1 aliphatic rings. The minimum absolute atomic E-state index is 0.00133. The maximum Gasteiger partial charge on any atom is 0.421 e. The molecule has 1 aromatic rings. The Morgan fingerprint density at radius 1 is 1.50 bits per heavy atom. The van der Waals surface area contributed by atoms with Crippen molar-refractivity contribution in [1.82, 2.24) is 4.98 Å². The summed E-state index contributed by atoms with van der Waals surface area (Å²) < 4.78 is 43.1. The SMILES string of the molecule is COc1ncc(N2CC[C@@H](N)C2)cc1C(F)(F)F. The average molecular weight is 261 g/mol. The van der Waals surface area contributed by atoms with Crippen molar-refractivity contribution in [3.8, 4) is 5.88 Å². The van der Waals surface area contributed by atoms with Gasteiger partial charge in [-0.25, -0.2) is 4.98 Å². The number of nitrogens with two attached hydrogens (primary N) is 1. The lowest BCUT2D eigenvalue weighted by molar-refractivity contribution is -0.139. The predicted molar refractivity (Wildman–Crippen MR) is 60.6 cm³/mol. The summed E-state index contributed by atoms with van der Waals surface area (Å²) in [6.07, 6.45) is -2.32. The molecule has 1 aromatic heterocycles. The van der Waals surface area contributed by atoms with Gasteiger partial charge in [0.1, 0.15) is 5.56 Å². The van der Waals surface area contributed by atoms with Gasteiger partial charge in [0.2, 0.25) is 5.88 Å². The van der Waals surface area contributed by atoms with Gasteiger partial charge in [-0.3, -0.25) is 0 Å². The number of aromatic nitrogens is 1. The largest absolute Gasteiger partial charge is 0.481 e. The molecular formula is C11H14F3N3O. The van der Waals surface area contributed by atoms with Crippen LogP contribution in [0.2, 0.25) is 0 Å². The van der Waals surface area contributed by atoms with E-state index in [4.69, 9.17) is 5.73 Å². The van der Waals surface area contributed by atoms with E-state index >= 15 is 0 Å². The van der Waals surface area contributed by atoms with Crippen molar-refractivity contribution in [2.24, 2.45) is 5.73 Å². The molecule has 0 saturated carbocycles. The Hall–Kier alpha value is -1.50. The first-order valence-electron chi connectivity index (χ1n) is 5.53. The highest BCUT2D eigenvalue weighted by Crippen LogP contribution is 2.37. The van der Waals surface area contributed by atoms with E-state index in [0.29, 0.717) is 18.8 Å². The number of nitrogens with zero attached hydrogens (tertiary/aromatic N) is 2. The molecule has 2 N–H and O–H groups in total. The maximum atomic E-state index is 12.8. The van der Waals surface area contributed by atoms with Crippen LogP contribution in [0.25, 0.3) is 0 Å². The van der Waals surface area contributed by atoms with Gasteiger partial charge < -0.3 is 15.4 Å². The van der Waals surface area contributed by atoms with Crippen molar-refractivity contribution in [2.75, 3.05) is 25.1 Å². The minimum atomic E-state index is -4.48. The molecule has 1 fully saturated rings. The van der Waals surface area contributed by atoms with Crippen molar-refractivity contribution in [2.45, 2.75) is 18.6 Å². The van der Waals surface area contributed by atoms with E-state index in [1.807, 2.05) is 0 Å². The van der Waals surface area contributed by atoms with Crippen molar-refractivity contribution in [1.29, 1.82) is 0 Å². The zero-order valence-corrected chi connectivity index (χ0v) is 9.87. The Labute approximate surface area is 103 Å². The highest BCUT2D eigenvalue weighted by Gasteiger charge is 2.36. The number of pyridine rings is 1. The molecule has 0 spiro atoms. The van der Waals surface area contributed by atoms with Crippen LogP contribution >= 0.6 is 0 Å².